The zero-order chi connectivity index (χ0) is 23.0. The lowest BCUT2D eigenvalue weighted by atomic mass is 9.69. The predicted octanol–water partition coefficient (Wildman–Crippen LogP) is 4.73. The Kier molecular flexibility index (Phi) is 6.24. The topological polar surface area (TPSA) is 79.1 Å². The summed E-state index contributed by atoms with van der Waals surface area (Å²) in [6, 6.07) is 2.71. The molecule has 1 atom stereocenters. The highest BCUT2D eigenvalue weighted by Gasteiger charge is 2.41. The van der Waals surface area contributed by atoms with Gasteiger partial charge in [0.1, 0.15) is 11.3 Å². The van der Waals surface area contributed by atoms with Crippen molar-refractivity contribution in [1.29, 1.82) is 0 Å². The van der Waals surface area contributed by atoms with Gasteiger partial charge in [0.05, 0.1) is 17.8 Å². The quantitative estimate of drug-likeness (QED) is 0.502. The molecule has 0 N–H and O–H groups in total. The van der Waals surface area contributed by atoms with Crippen LogP contribution in [0.3, 0.4) is 0 Å². The number of carbonyl (C=O) groups excluding carboxylic acids is 1. The maximum absolute atomic E-state index is 13.9. The Morgan fingerprint density at radius 1 is 1.26 bits per heavy atom. The number of carbonyl (C=O) groups is 1. The molecule has 0 amide bonds. The third kappa shape index (κ3) is 5.29. The second-order valence-electron chi connectivity index (χ2n) is 10.3. The summed E-state index contributed by atoms with van der Waals surface area (Å²) in [5.41, 5.74) is 0.670. The summed E-state index contributed by atoms with van der Waals surface area (Å²) in [5.74, 6) is -1.45. The van der Waals surface area contributed by atoms with Gasteiger partial charge in [-0.25, -0.2) is 14.5 Å². The highest BCUT2D eigenvalue weighted by atomic mass is 19.1. The highest BCUT2D eigenvalue weighted by molar-refractivity contribution is 5.95. The van der Waals surface area contributed by atoms with Gasteiger partial charge in [-0.05, 0) is 70.9 Å². The lowest BCUT2D eigenvalue weighted by Gasteiger charge is -2.44. The van der Waals surface area contributed by atoms with Crippen molar-refractivity contribution in [3.05, 3.63) is 29.5 Å². The molecular weight excluding hydrogens is 399 g/mol. The van der Waals surface area contributed by atoms with Crippen LogP contribution in [0.25, 0.3) is 11.3 Å². The van der Waals surface area contributed by atoms with E-state index in [1.165, 1.54) is 18.6 Å². The molecule has 2 aromatic heterocycles. The summed E-state index contributed by atoms with van der Waals surface area (Å²) >= 11 is 0. The van der Waals surface area contributed by atoms with Crippen molar-refractivity contribution in [3.8, 4) is 11.3 Å². The third-order valence-electron chi connectivity index (χ3n) is 5.85. The minimum Gasteiger partial charge on any atom is -0.455 e. The number of nitrogens with zero attached hydrogens (tertiary/aromatic N) is 4. The Bertz CT molecular complexity index is 964. The zero-order valence-electron chi connectivity index (χ0n) is 19.6. The van der Waals surface area contributed by atoms with Crippen LogP contribution in [0.1, 0.15) is 76.5 Å². The maximum Gasteiger partial charge on any atom is 0.358 e. The molecule has 1 aliphatic carbocycles. The molecule has 7 nitrogen and oxygen atoms in total. The summed E-state index contributed by atoms with van der Waals surface area (Å²) in [4.78, 5) is 16.5. The second-order valence-corrected chi connectivity index (χ2v) is 10.3. The number of halogens is 1. The molecule has 1 saturated carbocycles. The van der Waals surface area contributed by atoms with E-state index in [4.69, 9.17) is 9.47 Å². The fourth-order valence-electron chi connectivity index (χ4n) is 4.45. The molecule has 0 aromatic carbocycles. The van der Waals surface area contributed by atoms with E-state index in [2.05, 4.69) is 29.1 Å². The number of esters is 1. The van der Waals surface area contributed by atoms with Crippen molar-refractivity contribution >= 4 is 5.97 Å². The van der Waals surface area contributed by atoms with E-state index in [9.17, 15) is 9.18 Å². The van der Waals surface area contributed by atoms with Crippen molar-refractivity contribution < 1.29 is 18.7 Å². The maximum atomic E-state index is 13.9. The van der Waals surface area contributed by atoms with Crippen molar-refractivity contribution in [2.45, 2.75) is 85.0 Å². The summed E-state index contributed by atoms with van der Waals surface area (Å²) < 4.78 is 27.1. The van der Waals surface area contributed by atoms with Gasteiger partial charge in [-0.1, -0.05) is 19.1 Å². The standard InChI is InChI=1S/C23H33FN4O3/c1-15-18(16-9-10-17(24)25-19(16)20(29)31-21(2,3)4)26-27-28(15)14-23(30-7)12-8-11-22(5,6)13-23/h9-10H,8,11-14H2,1-7H3. The van der Waals surface area contributed by atoms with Gasteiger partial charge in [0.25, 0.3) is 0 Å². The van der Waals surface area contributed by atoms with E-state index in [1.807, 2.05) is 11.6 Å². The first-order chi connectivity index (χ1) is 14.3. The Balaban J connectivity index is 1.96. The number of hydrogen-bond donors (Lipinski definition) is 0. The van der Waals surface area contributed by atoms with Gasteiger partial charge in [0.15, 0.2) is 5.69 Å². The molecule has 170 valence electrons. The van der Waals surface area contributed by atoms with Crippen LogP contribution in [0.4, 0.5) is 4.39 Å². The van der Waals surface area contributed by atoms with Crippen LogP contribution in [0.5, 0.6) is 0 Å². The first-order valence-electron chi connectivity index (χ1n) is 10.7. The van der Waals surface area contributed by atoms with Gasteiger partial charge < -0.3 is 9.47 Å². The normalized spacial score (nSPS) is 21.2. The van der Waals surface area contributed by atoms with Crippen LogP contribution in [-0.2, 0) is 16.0 Å². The zero-order valence-corrected chi connectivity index (χ0v) is 19.6. The Hall–Kier alpha value is -2.35. The second kappa shape index (κ2) is 8.30. The number of pyridine rings is 1. The fourth-order valence-corrected chi connectivity index (χ4v) is 4.45. The molecule has 0 bridgehead atoms. The molecule has 0 spiro atoms. The van der Waals surface area contributed by atoms with Crippen molar-refractivity contribution in [3.63, 3.8) is 0 Å². The van der Waals surface area contributed by atoms with Gasteiger partial charge in [0.2, 0.25) is 5.95 Å². The van der Waals surface area contributed by atoms with Crippen molar-refractivity contribution in [2.24, 2.45) is 5.41 Å². The predicted molar refractivity (Wildman–Crippen MR) is 115 cm³/mol. The fraction of sp³-hybridized carbons (Fsp3) is 0.652. The molecule has 1 fully saturated rings. The minimum atomic E-state index is -0.752. The molecular formula is C23H33FN4O3. The molecule has 8 heteroatoms. The number of rotatable bonds is 5. The van der Waals surface area contributed by atoms with Crippen LogP contribution >= 0.6 is 0 Å². The highest BCUT2D eigenvalue weighted by Crippen LogP contribution is 2.43. The largest absolute Gasteiger partial charge is 0.455 e. The molecule has 1 unspecified atom stereocenters. The van der Waals surface area contributed by atoms with E-state index < -0.39 is 17.5 Å². The Labute approximate surface area is 183 Å². The van der Waals surface area contributed by atoms with E-state index >= 15 is 0 Å². The SMILES string of the molecule is COC1(Cn2nnc(-c3ccc(F)nc3C(=O)OC(C)(C)C)c2C)CCCC(C)(C)C1. The van der Waals surface area contributed by atoms with E-state index in [0.29, 0.717) is 17.8 Å². The average Bonchev–Trinajstić information content (AvgIpc) is 2.99. The molecule has 3 rings (SSSR count). The molecule has 0 saturated heterocycles. The van der Waals surface area contributed by atoms with Crippen LogP contribution in [0, 0.1) is 18.3 Å². The molecule has 1 aliphatic rings. The van der Waals surface area contributed by atoms with Crippen LogP contribution < -0.4 is 0 Å². The molecule has 2 heterocycles. The van der Waals surface area contributed by atoms with E-state index in [-0.39, 0.29) is 16.7 Å². The summed E-state index contributed by atoms with van der Waals surface area (Å²) in [6.45, 7) is 12.2. The van der Waals surface area contributed by atoms with Gasteiger partial charge >= 0.3 is 5.97 Å². The van der Waals surface area contributed by atoms with Gasteiger partial charge in [-0.2, -0.15) is 4.39 Å². The molecule has 2 aromatic rings. The average molecular weight is 433 g/mol. The smallest absolute Gasteiger partial charge is 0.358 e. The molecule has 0 aliphatic heterocycles. The Morgan fingerprint density at radius 3 is 2.58 bits per heavy atom. The number of aromatic nitrogens is 4. The van der Waals surface area contributed by atoms with Gasteiger partial charge in [-0.15, -0.1) is 5.10 Å². The van der Waals surface area contributed by atoms with Crippen LogP contribution in [-0.4, -0.2) is 44.3 Å². The van der Waals surface area contributed by atoms with Crippen molar-refractivity contribution in [2.75, 3.05) is 7.11 Å². The van der Waals surface area contributed by atoms with E-state index in [1.54, 1.807) is 27.9 Å². The first kappa shape index (κ1) is 23.3. The summed E-state index contributed by atoms with van der Waals surface area (Å²) in [6.07, 6.45) is 4.13. The first-order valence-corrected chi connectivity index (χ1v) is 10.7. The summed E-state index contributed by atoms with van der Waals surface area (Å²) in [7, 11) is 1.75. The molecule has 31 heavy (non-hydrogen) atoms. The van der Waals surface area contributed by atoms with Gasteiger partial charge in [0, 0.05) is 12.7 Å². The monoisotopic (exact) mass is 432 g/mol. The van der Waals surface area contributed by atoms with Crippen LogP contribution in [0.2, 0.25) is 0 Å². The number of methoxy groups -OCH3 is 1. The molecule has 0 radical (unpaired) electrons. The van der Waals surface area contributed by atoms with Gasteiger partial charge in [-0.3, -0.25) is 0 Å². The number of ether oxygens (including phenoxy) is 2. The van der Waals surface area contributed by atoms with Crippen LogP contribution in [0.15, 0.2) is 12.1 Å². The summed E-state index contributed by atoms with van der Waals surface area (Å²) in [5, 5.41) is 8.65. The number of hydrogen-bond acceptors (Lipinski definition) is 6. The van der Waals surface area contributed by atoms with E-state index in [0.717, 1.165) is 25.0 Å². The minimum absolute atomic E-state index is 0.106. The third-order valence-corrected chi connectivity index (χ3v) is 5.85. The lowest BCUT2D eigenvalue weighted by molar-refractivity contribution is -0.0857. The lowest BCUT2D eigenvalue weighted by Crippen LogP contribution is -2.44. The van der Waals surface area contributed by atoms with Crippen molar-refractivity contribution in [1.82, 2.24) is 20.0 Å². The Morgan fingerprint density at radius 2 is 1.97 bits per heavy atom.